The van der Waals surface area contributed by atoms with Crippen molar-refractivity contribution < 1.29 is 28.8 Å². The topological polar surface area (TPSA) is 131 Å². The molecule has 10 nitrogen and oxygen atoms in total. The molecule has 2 aromatic carbocycles. The van der Waals surface area contributed by atoms with Crippen LogP contribution in [0.1, 0.15) is 28.4 Å². The lowest BCUT2D eigenvalue weighted by Crippen LogP contribution is -2.14. The van der Waals surface area contributed by atoms with Gasteiger partial charge in [-0.15, -0.1) is 0 Å². The van der Waals surface area contributed by atoms with Crippen LogP contribution in [0.25, 0.3) is 0 Å². The molecule has 0 spiro atoms. The predicted molar refractivity (Wildman–Crippen MR) is 116 cm³/mol. The number of hydrogen-bond donors (Lipinski definition) is 1. The summed E-state index contributed by atoms with van der Waals surface area (Å²) in [4.78, 5) is 44.4. The van der Waals surface area contributed by atoms with Gasteiger partial charge in [0.2, 0.25) is 0 Å². The van der Waals surface area contributed by atoms with E-state index in [0.717, 1.165) is 0 Å². The van der Waals surface area contributed by atoms with Crippen LogP contribution in [0.5, 0.6) is 11.5 Å². The van der Waals surface area contributed by atoms with Gasteiger partial charge in [-0.05, 0) is 24.3 Å². The smallest absolute Gasteiger partial charge is 0.335 e. The van der Waals surface area contributed by atoms with E-state index in [2.05, 4.69) is 21.2 Å². The predicted octanol–water partition coefficient (Wildman–Crippen LogP) is 3.68. The van der Waals surface area contributed by atoms with E-state index in [9.17, 15) is 19.8 Å². The molecule has 1 amide bonds. The largest absolute Gasteiger partial charge is 0.489 e. The summed E-state index contributed by atoms with van der Waals surface area (Å²) < 4.78 is 10.9. The minimum atomic E-state index is -0.564. The quantitative estimate of drug-likeness (QED) is 0.314. The molecule has 33 heavy (non-hydrogen) atoms. The molecule has 0 atom stereocenters. The first-order chi connectivity index (χ1) is 15.9. The van der Waals surface area contributed by atoms with Crippen LogP contribution in [0.3, 0.4) is 0 Å². The first-order valence-electron chi connectivity index (χ1n) is 9.62. The summed E-state index contributed by atoms with van der Waals surface area (Å²) >= 11 is 0. The van der Waals surface area contributed by atoms with E-state index >= 15 is 0 Å². The molecule has 0 radical (unpaired) electrons. The molecule has 0 fully saturated rings. The average Bonchev–Trinajstić information content (AvgIpc) is 2.82. The van der Waals surface area contributed by atoms with Crippen molar-refractivity contribution in [1.29, 1.82) is 5.26 Å². The van der Waals surface area contributed by atoms with Gasteiger partial charge >= 0.3 is 11.7 Å². The molecule has 0 unspecified atom stereocenters. The molecule has 0 bridgehead atoms. The maximum absolute atomic E-state index is 12.8. The summed E-state index contributed by atoms with van der Waals surface area (Å²) in [6, 6.07) is 16.2. The van der Waals surface area contributed by atoms with Gasteiger partial charge in [0.15, 0.2) is 7.11 Å². The molecule has 0 aliphatic heterocycles. The van der Waals surface area contributed by atoms with Crippen LogP contribution in [-0.4, -0.2) is 28.9 Å². The normalized spacial score (nSPS) is 9.97. The van der Waals surface area contributed by atoms with E-state index in [0.29, 0.717) is 11.1 Å². The highest BCUT2D eigenvalue weighted by atomic mass is 16.8. The number of pyridine rings is 1. The maximum Gasteiger partial charge on any atom is 0.335 e. The minimum Gasteiger partial charge on any atom is -0.489 e. The number of rotatable bonds is 8. The molecule has 0 aliphatic rings. The summed E-state index contributed by atoms with van der Waals surface area (Å²) in [5, 5.41) is 11.8. The molecule has 1 aromatic heterocycles. The van der Waals surface area contributed by atoms with Crippen molar-refractivity contribution in [2.45, 2.75) is 13.5 Å². The molecule has 1 N–H and O–H groups in total. The summed E-state index contributed by atoms with van der Waals surface area (Å²) in [6.07, 6.45) is 1.24. The van der Waals surface area contributed by atoms with E-state index in [-0.39, 0.29) is 40.1 Å². The molecular weight excluding hydrogens is 428 g/mol. The Labute approximate surface area is 188 Å². The average molecular weight is 447 g/mol. The number of hydrogen-bond acceptors (Lipinski definition) is 8. The van der Waals surface area contributed by atoms with Crippen molar-refractivity contribution in [3.63, 3.8) is 0 Å². The Hall–Kier alpha value is -4.78. The first kappa shape index (κ1) is 22.9. The Balaban J connectivity index is 1.81. The SMILES string of the molecule is CO[N+](=O)c1ccc(NC(=O)c2cc(OCc3ccccc3C#N)cc(OC(C)=O)c2)nc1. The number of nitrogens with zero attached hydrogens (tertiary/aromatic N) is 3. The van der Waals surface area contributed by atoms with Crippen molar-refractivity contribution in [2.24, 2.45) is 0 Å². The number of carbonyl (C=O) groups excluding carboxylic acids is 2. The van der Waals surface area contributed by atoms with Gasteiger partial charge in [-0.25, -0.2) is 9.82 Å². The Kier molecular flexibility index (Phi) is 7.28. The number of amides is 1. The zero-order valence-electron chi connectivity index (χ0n) is 17.8. The highest BCUT2D eigenvalue weighted by molar-refractivity contribution is 6.04. The van der Waals surface area contributed by atoms with E-state index < -0.39 is 11.9 Å². The van der Waals surface area contributed by atoms with Crippen LogP contribution in [-0.2, 0) is 16.2 Å². The van der Waals surface area contributed by atoms with Crippen molar-refractivity contribution in [2.75, 3.05) is 12.4 Å². The van der Waals surface area contributed by atoms with Crippen molar-refractivity contribution >= 4 is 23.4 Å². The van der Waals surface area contributed by atoms with Crippen LogP contribution < -0.4 is 14.8 Å². The van der Waals surface area contributed by atoms with E-state index in [1.54, 1.807) is 24.3 Å². The molecule has 10 heteroatoms. The fourth-order valence-electron chi connectivity index (χ4n) is 2.79. The van der Waals surface area contributed by atoms with Crippen molar-refractivity contribution in [3.05, 3.63) is 82.4 Å². The van der Waals surface area contributed by atoms with Gasteiger partial charge < -0.3 is 14.8 Å². The molecule has 0 aliphatic carbocycles. The number of carbonyl (C=O) groups is 2. The lowest BCUT2D eigenvalue weighted by Gasteiger charge is -2.12. The van der Waals surface area contributed by atoms with Gasteiger partial charge in [0.1, 0.15) is 30.1 Å². The number of benzene rings is 2. The third-order valence-corrected chi connectivity index (χ3v) is 4.30. The van der Waals surface area contributed by atoms with Crippen molar-refractivity contribution in [3.8, 4) is 17.6 Å². The molecule has 0 saturated heterocycles. The maximum atomic E-state index is 12.8. The monoisotopic (exact) mass is 447 g/mol. The first-order valence-corrected chi connectivity index (χ1v) is 9.62. The Morgan fingerprint density at radius 3 is 2.55 bits per heavy atom. The van der Waals surface area contributed by atoms with Crippen molar-refractivity contribution in [1.82, 2.24) is 4.98 Å². The van der Waals surface area contributed by atoms with Crippen LogP contribution in [0, 0.1) is 16.2 Å². The second-order valence-corrected chi connectivity index (χ2v) is 6.64. The van der Waals surface area contributed by atoms with Gasteiger partial charge in [0, 0.05) is 30.2 Å². The number of esters is 1. The van der Waals surface area contributed by atoms with E-state index in [4.69, 9.17) is 9.47 Å². The number of ether oxygens (including phenoxy) is 2. The van der Waals surface area contributed by atoms with Gasteiger partial charge in [-0.3, -0.25) is 9.59 Å². The fraction of sp³-hybridized carbons (Fsp3) is 0.130. The Bertz CT molecular complexity index is 1230. The summed E-state index contributed by atoms with van der Waals surface area (Å²) in [7, 11) is 1.22. The molecule has 166 valence electrons. The molecule has 1 heterocycles. The summed E-state index contributed by atoms with van der Waals surface area (Å²) in [5.74, 6) is -0.541. The van der Waals surface area contributed by atoms with Gasteiger partial charge in [-0.1, -0.05) is 18.2 Å². The second-order valence-electron chi connectivity index (χ2n) is 6.64. The molecule has 0 saturated carbocycles. The molecular formula is C23H19N4O6+. The van der Waals surface area contributed by atoms with Crippen LogP contribution in [0.2, 0.25) is 0 Å². The van der Waals surface area contributed by atoms with E-state index in [1.165, 1.54) is 50.6 Å². The second kappa shape index (κ2) is 10.5. The number of anilines is 1. The third kappa shape index (κ3) is 6.11. The van der Waals surface area contributed by atoms with Gasteiger partial charge in [0.25, 0.3) is 10.8 Å². The molecule has 3 rings (SSSR count). The zero-order chi connectivity index (χ0) is 23.8. The van der Waals surface area contributed by atoms with E-state index in [1.807, 2.05) is 0 Å². The summed E-state index contributed by atoms with van der Waals surface area (Å²) in [6.45, 7) is 1.31. The number of nitrogens with one attached hydrogen (secondary N) is 1. The van der Waals surface area contributed by atoms with Gasteiger partial charge in [-0.2, -0.15) is 5.26 Å². The Morgan fingerprint density at radius 1 is 1.12 bits per heavy atom. The van der Waals surface area contributed by atoms with Crippen LogP contribution in [0.15, 0.2) is 60.8 Å². The summed E-state index contributed by atoms with van der Waals surface area (Å²) in [5.41, 5.74) is 1.43. The lowest BCUT2D eigenvalue weighted by molar-refractivity contribution is -0.736. The standard InChI is InChI=1S/C23H18N4O6/c1-15(28)33-21-10-18(23(29)26-22-8-7-19(13-25-22)27(30)31-2)9-20(11-21)32-14-17-6-4-3-5-16(17)12-24/h3-11,13H,14H2,1-2H3/p+1. The zero-order valence-corrected chi connectivity index (χ0v) is 17.8. The molecule has 3 aromatic rings. The third-order valence-electron chi connectivity index (χ3n) is 4.30. The lowest BCUT2D eigenvalue weighted by atomic mass is 10.1. The van der Waals surface area contributed by atoms with Crippen LogP contribution >= 0.6 is 0 Å². The fourth-order valence-corrected chi connectivity index (χ4v) is 2.79. The highest BCUT2D eigenvalue weighted by Crippen LogP contribution is 2.25. The minimum absolute atomic E-state index is 0.0720. The Morgan fingerprint density at radius 2 is 1.88 bits per heavy atom. The number of nitriles is 1. The van der Waals surface area contributed by atoms with Gasteiger partial charge in [0.05, 0.1) is 16.5 Å². The number of aromatic nitrogens is 1. The highest BCUT2D eigenvalue weighted by Gasteiger charge is 2.16. The van der Waals surface area contributed by atoms with Crippen LogP contribution in [0.4, 0.5) is 11.5 Å².